The Morgan fingerprint density at radius 2 is 2.05 bits per heavy atom. The molecule has 0 aliphatic carbocycles. The van der Waals surface area contributed by atoms with Gasteiger partial charge in [-0.1, -0.05) is 20.8 Å². The average molecular weight is 299 g/mol. The fourth-order valence-electron chi connectivity index (χ4n) is 2.27. The van der Waals surface area contributed by atoms with Crippen molar-refractivity contribution in [2.75, 3.05) is 19.6 Å². The Hall–Kier alpha value is -2.12. The van der Waals surface area contributed by atoms with Gasteiger partial charge in [-0.25, -0.2) is 4.79 Å². The maximum atomic E-state index is 12.5. The van der Waals surface area contributed by atoms with Gasteiger partial charge >= 0.3 is 12.0 Å². The zero-order chi connectivity index (χ0) is 16.2. The van der Waals surface area contributed by atoms with Gasteiger partial charge in [0.25, 0.3) is 0 Å². The molecule has 4 amide bonds. The van der Waals surface area contributed by atoms with Crippen molar-refractivity contribution in [1.29, 1.82) is 0 Å². The topological polar surface area (TPSA) is 107 Å². The molecule has 1 unspecified atom stereocenters. The number of carbonyl (C=O) groups excluding carboxylic acids is 3. The second-order valence-corrected chi connectivity index (χ2v) is 5.42. The van der Waals surface area contributed by atoms with Crippen LogP contribution in [-0.2, 0) is 14.4 Å². The van der Waals surface area contributed by atoms with Crippen molar-refractivity contribution in [3.8, 4) is 0 Å². The fourth-order valence-corrected chi connectivity index (χ4v) is 2.27. The number of carboxylic acid groups (broad SMARTS) is 1. The molecule has 0 aromatic carbocycles. The minimum atomic E-state index is -1.13. The molecule has 1 rings (SSSR count). The minimum Gasteiger partial charge on any atom is -0.480 e. The number of aliphatic carboxylic acids is 1. The van der Waals surface area contributed by atoms with Crippen molar-refractivity contribution < 1.29 is 24.3 Å². The SMILES string of the molecule is CCC1C(=O)NC(=O)CN1C(=O)N(CC(=O)O)CC(C)C. The lowest BCUT2D eigenvalue weighted by Gasteiger charge is -2.37. The molecule has 1 aliphatic heterocycles. The standard InChI is InChI=1S/C13H21N3O5/c1-4-9-12(20)14-10(17)6-16(9)13(21)15(5-8(2)3)7-11(18)19/h8-9H,4-7H2,1-3H3,(H,18,19)(H,14,17,20). The third kappa shape index (κ3) is 4.44. The number of rotatable bonds is 5. The van der Waals surface area contributed by atoms with Crippen LogP contribution in [0.25, 0.3) is 0 Å². The van der Waals surface area contributed by atoms with Crippen molar-refractivity contribution in [3.63, 3.8) is 0 Å². The van der Waals surface area contributed by atoms with E-state index in [1.54, 1.807) is 6.92 Å². The summed E-state index contributed by atoms with van der Waals surface area (Å²) in [7, 11) is 0. The second kappa shape index (κ2) is 7.05. The van der Waals surface area contributed by atoms with E-state index in [0.29, 0.717) is 6.42 Å². The number of carbonyl (C=O) groups is 4. The van der Waals surface area contributed by atoms with Gasteiger partial charge in [-0.05, 0) is 12.3 Å². The summed E-state index contributed by atoms with van der Waals surface area (Å²) in [5.74, 6) is -2.15. The number of nitrogens with zero attached hydrogens (tertiary/aromatic N) is 2. The molecule has 1 heterocycles. The summed E-state index contributed by atoms with van der Waals surface area (Å²) >= 11 is 0. The van der Waals surface area contributed by atoms with Crippen molar-refractivity contribution in [2.45, 2.75) is 33.2 Å². The highest BCUT2D eigenvalue weighted by Gasteiger charge is 2.37. The van der Waals surface area contributed by atoms with E-state index in [1.165, 1.54) is 0 Å². The number of nitrogens with one attached hydrogen (secondary N) is 1. The minimum absolute atomic E-state index is 0.0719. The lowest BCUT2D eigenvalue weighted by Crippen LogP contribution is -2.62. The third-order valence-electron chi connectivity index (χ3n) is 3.07. The van der Waals surface area contributed by atoms with Crippen molar-refractivity contribution >= 4 is 23.8 Å². The van der Waals surface area contributed by atoms with Crippen LogP contribution < -0.4 is 5.32 Å². The average Bonchev–Trinajstić information content (AvgIpc) is 2.35. The van der Waals surface area contributed by atoms with Gasteiger partial charge in [0.15, 0.2) is 0 Å². The van der Waals surface area contributed by atoms with Crippen LogP contribution in [0.3, 0.4) is 0 Å². The van der Waals surface area contributed by atoms with E-state index >= 15 is 0 Å². The first kappa shape index (κ1) is 16.9. The lowest BCUT2D eigenvalue weighted by molar-refractivity contribution is -0.139. The summed E-state index contributed by atoms with van der Waals surface area (Å²) in [4.78, 5) is 48.9. The zero-order valence-electron chi connectivity index (χ0n) is 12.5. The Bertz CT molecular complexity index is 449. The first-order valence-electron chi connectivity index (χ1n) is 6.87. The van der Waals surface area contributed by atoms with Crippen molar-refractivity contribution in [3.05, 3.63) is 0 Å². The van der Waals surface area contributed by atoms with Crippen LogP contribution in [0, 0.1) is 5.92 Å². The normalized spacial score (nSPS) is 18.7. The number of piperazine rings is 1. The van der Waals surface area contributed by atoms with Gasteiger partial charge in [0.1, 0.15) is 19.1 Å². The van der Waals surface area contributed by atoms with Crippen molar-refractivity contribution in [1.82, 2.24) is 15.1 Å². The Morgan fingerprint density at radius 3 is 2.52 bits per heavy atom. The number of amides is 4. The third-order valence-corrected chi connectivity index (χ3v) is 3.07. The first-order chi connectivity index (χ1) is 9.76. The molecule has 118 valence electrons. The molecular formula is C13H21N3O5. The molecule has 0 saturated carbocycles. The molecule has 0 aromatic rings. The molecule has 1 fully saturated rings. The quantitative estimate of drug-likeness (QED) is 0.689. The van der Waals surface area contributed by atoms with Gasteiger partial charge in [0, 0.05) is 6.54 Å². The zero-order valence-corrected chi connectivity index (χ0v) is 12.5. The van der Waals surface area contributed by atoms with Crippen LogP contribution in [0.5, 0.6) is 0 Å². The summed E-state index contributed by atoms with van der Waals surface area (Å²) in [6, 6.07) is -1.35. The molecule has 1 atom stereocenters. The van der Waals surface area contributed by atoms with E-state index in [0.717, 1.165) is 9.80 Å². The van der Waals surface area contributed by atoms with Crippen molar-refractivity contribution in [2.24, 2.45) is 5.92 Å². The highest BCUT2D eigenvalue weighted by Crippen LogP contribution is 2.13. The van der Waals surface area contributed by atoms with Crippen LogP contribution in [-0.4, -0.2) is 64.4 Å². The van der Waals surface area contributed by atoms with Gasteiger partial charge in [-0.2, -0.15) is 0 Å². The Kier molecular flexibility index (Phi) is 5.69. The molecule has 0 spiro atoms. The van der Waals surface area contributed by atoms with Crippen LogP contribution in [0.15, 0.2) is 0 Å². The highest BCUT2D eigenvalue weighted by atomic mass is 16.4. The Morgan fingerprint density at radius 1 is 1.43 bits per heavy atom. The van der Waals surface area contributed by atoms with E-state index in [-0.39, 0.29) is 19.0 Å². The number of hydrogen-bond donors (Lipinski definition) is 2. The van der Waals surface area contributed by atoms with E-state index < -0.39 is 36.4 Å². The molecular weight excluding hydrogens is 278 g/mol. The van der Waals surface area contributed by atoms with Crippen LogP contribution in [0.2, 0.25) is 0 Å². The highest BCUT2D eigenvalue weighted by molar-refractivity contribution is 6.04. The molecule has 0 radical (unpaired) electrons. The van der Waals surface area contributed by atoms with Crippen LogP contribution in [0.4, 0.5) is 4.79 Å². The summed E-state index contributed by atoms with van der Waals surface area (Å²) in [5.41, 5.74) is 0. The molecule has 0 aromatic heterocycles. The molecule has 1 saturated heterocycles. The molecule has 1 aliphatic rings. The van der Waals surface area contributed by atoms with E-state index in [1.807, 2.05) is 13.8 Å². The fraction of sp³-hybridized carbons (Fsp3) is 0.692. The number of hydrogen-bond acceptors (Lipinski definition) is 4. The predicted octanol–water partition coefficient (Wildman–Crippen LogP) is -0.114. The van der Waals surface area contributed by atoms with E-state index in [2.05, 4.69) is 5.32 Å². The van der Waals surface area contributed by atoms with Crippen LogP contribution >= 0.6 is 0 Å². The van der Waals surface area contributed by atoms with E-state index in [4.69, 9.17) is 5.11 Å². The van der Waals surface area contributed by atoms with Gasteiger partial charge in [-0.15, -0.1) is 0 Å². The Balaban J connectivity index is 2.95. The summed E-state index contributed by atoms with van der Waals surface area (Å²) in [6.45, 7) is 4.98. The monoisotopic (exact) mass is 299 g/mol. The number of urea groups is 1. The first-order valence-corrected chi connectivity index (χ1v) is 6.87. The van der Waals surface area contributed by atoms with Gasteiger partial charge < -0.3 is 14.9 Å². The predicted molar refractivity (Wildman–Crippen MR) is 73.4 cm³/mol. The van der Waals surface area contributed by atoms with E-state index in [9.17, 15) is 19.2 Å². The maximum absolute atomic E-state index is 12.5. The van der Waals surface area contributed by atoms with Crippen LogP contribution in [0.1, 0.15) is 27.2 Å². The Labute approximate surface area is 123 Å². The number of carboxylic acids is 1. The van der Waals surface area contributed by atoms with Gasteiger partial charge in [-0.3, -0.25) is 19.7 Å². The molecule has 8 heteroatoms. The second-order valence-electron chi connectivity index (χ2n) is 5.42. The summed E-state index contributed by atoms with van der Waals surface area (Å²) in [6.07, 6.45) is 0.355. The smallest absolute Gasteiger partial charge is 0.323 e. The van der Waals surface area contributed by atoms with Gasteiger partial charge in [0.05, 0.1) is 0 Å². The summed E-state index contributed by atoms with van der Waals surface area (Å²) in [5, 5.41) is 11.1. The largest absolute Gasteiger partial charge is 0.480 e. The van der Waals surface area contributed by atoms with Gasteiger partial charge in [0.2, 0.25) is 11.8 Å². The molecule has 21 heavy (non-hydrogen) atoms. The summed E-state index contributed by atoms with van der Waals surface area (Å²) < 4.78 is 0. The number of imide groups is 1. The molecule has 0 bridgehead atoms. The molecule has 2 N–H and O–H groups in total. The maximum Gasteiger partial charge on any atom is 0.323 e. The lowest BCUT2D eigenvalue weighted by atomic mass is 10.1. The molecule has 8 nitrogen and oxygen atoms in total.